The number of amides is 2. The van der Waals surface area contributed by atoms with Crippen LogP contribution in [-0.4, -0.2) is 66.1 Å². The number of rotatable bonds is 8. The first kappa shape index (κ1) is 19.6. The maximum absolute atomic E-state index is 12.3. The maximum atomic E-state index is 12.3. The summed E-state index contributed by atoms with van der Waals surface area (Å²) in [5.41, 5.74) is 4.29. The Labute approximate surface area is 160 Å². The van der Waals surface area contributed by atoms with Crippen LogP contribution in [0.5, 0.6) is 0 Å². The van der Waals surface area contributed by atoms with Crippen LogP contribution >= 0.6 is 0 Å². The first-order valence-corrected chi connectivity index (χ1v) is 9.93. The fourth-order valence-electron chi connectivity index (χ4n) is 3.96. The molecule has 0 spiro atoms. The van der Waals surface area contributed by atoms with Crippen LogP contribution in [0.3, 0.4) is 0 Å². The molecule has 1 aromatic carbocycles. The lowest BCUT2D eigenvalue weighted by atomic mass is 10.0. The first-order chi connectivity index (χ1) is 13.2. The molecule has 148 valence electrons. The lowest BCUT2D eigenvalue weighted by Crippen LogP contribution is -2.49. The molecule has 2 aliphatic rings. The van der Waals surface area contributed by atoms with Crippen LogP contribution < -0.4 is 10.8 Å². The average molecular weight is 374 g/mol. The highest BCUT2D eigenvalue weighted by Gasteiger charge is 2.26. The minimum atomic E-state index is -0.363. The summed E-state index contributed by atoms with van der Waals surface area (Å²) >= 11 is 0. The zero-order chi connectivity index (χ0) is 19.1. The van der Waals surface area contributed by atoms with E-state index >= 15 is 0 Å². The molecule has 0 aromatic heterocycles. The average Bonchev–Trinajstić information content (AvgIpc) is 3.11. The van der Waals surface area contributed by atoms with Crippen molar-refractivity contribution in [3.63, 3.8) is 0 Å². The van der Waals surface area contributed by atoms with Gasteiger partial charge >= 0.3 is 0 Å². The van der Waals surface area contributed by atoms with E-state index in [9.17, 15) is 9.59 Å². The van der Waals surface area contributed by atoms with Crippen molar-refractivity contribution in [1.82, 2.24) is 15.3 Å². The van der Waals surface area contributed by atoms with Crippen molar-refractivity contribution >= 4 is 17.5 Å². The van der Waals surface area contributed by atoms with E-state index in [-0.39, 0.29) is 11.8 Å². The predicted molar refractivity (Wildman–Crippen MR) is 104 cm³/mol. The van der Waals surface area contributed by atoms with E-state index in [0.717, 1.165) is 52.1 Å². The molecule has 1 saturated heterocycles. The van der Waals surface area contributed by atoms with Gasteiger partial charge < -0.3 is 10.2 Å². The molecule has 2 amide bonds. The van der Waals surface area contributed by atoms with E-state index in [1.807, 2.05) is 4.90 Å². The zero-order valence-corrected chi connectivity index (χ0v) is 15.8. The Morgan fingerprint density at radius 2 is 1.81 bits per heavy atom. The van der Waals surface area contributed by atoms with Crippen LogP contribution in [0.1, 0.15) is 43.6 Å². The van der Waals surface area contributed by atoms with Gasteiger partial charge in [-0.15, -0.1) is 0 Å². The van der Waals surface area contributed by atoms with Crippen molar-refractivity contribution < 1.29 is 14.8 Å². The molecule has 2 aliphatic heterocycles. The van der Waals surface area contributed by atoms with Crippen molar-refractivity contribution in [2.24, 2.45) is 0 Å². The highest BCUT2D eigenvalue weighted by atomic mass is 16.5. The van der Waals surface area contributed by atoms with Crippen molar-refractivity contribution in [3.05, 3.63) is 29.8 Å². The second-order valence-electron chi connectivity index (χ2n) is 7.44. The standard InChI is InChI=1S/C20H30N4O3/c25-19(22-27)8-2-1-3-9-20(26)24-12-10-23(11-13-24)15-16-14-21-18-7-5-4-6-17(16)18/h4-7,16,21,27H,1-3,8-15H2,(H,22,25). The first-order valence-electron chi connectivity index (χ1n) is 9.93. The van der Waals surface area contributed by atoms with Gasteiger partial charge in [0.05, 0.1) is 0 Å². The molecule has 3 rings (SSSR count). The Bertz CT molecular complexity index is 644. The predicted octanol–water partition coefficient (Wildman–Crippen LogP) is 1.80. The Kier molecular flexibility index (Phi) is 7.06. The number of carbonyl (C=O) groups excluding carboxylic acids is 2. The largest absolute Gasteiger partial charge is 0.384 e. The number of nitrogens with zero attached hydrogens (tertiary/aromatic N) is 2. The van der Waals surface area contributed by atoms with Crippen molar-refractivity contribution in [3.8, 4) is 0 Å². The van der Waals surface area contributed by atoms with E-state index < -0.39 is 0 Å². The number of para-hydroxylation sites is 1. The number of carbonyl (C=O) groups is 2. The summed E-state index contributed by atoms with van der Waals surface area (Å²) in [4.78, 5) is 27.7. The van der Waals surface area contributed by atoms with Crippen molar-refractivity contribution in [2.75, 3.05) is 44.6 Å². The summed E-state index contributed by atoms with van der Waals surface area (Å²) in [6.45, 7) is 5.50. The second-order valence-corrected chi connectivity index (χ2v) is 7.44. The number of piperazine rings is 1. The summed E-state index contributed by atoms with van der Waals surface area (Å²) in [6.07, 6.45) is 3.17. The molecule has 7 nitrogen and oxygen atoms in total. The quantitative estimate of drug-likeness (QED) is 0.367. The van der Waals surface area contributed by atoms with Crippen molar-refractivity contribution in [2.45, 2.75) is 38.0 Å². The monoisotopic (exact) mass is 374 g/mol. The normalized spacial score (nSPS) is 19.4. The molecule has 1 aromatic rings. The number of unbranched alkanes of at least 4 members (excludes halogenated alkanes) is 2. The van der Waals surface area contributed by atoms with Gasteiger partial charge in [0.15, 0.2) is 0 Å². The molecule has 1 atom stereocenters. The maximum Gasteiger partial charge on any atom is 0.243 e. The Hall–Kier alpha value is -2.12. The van der Waals surface area contributed by atoms with Gasteiger partial charge in [-0.3, -0.25) is 19.7 Å². The molecule has 1 unspecified atom stereocenters. The van der Waals surface area contributed by atoms with Crippen LogP contribution in [0.15, 0.2) is 24.3 Å². The minimum absolute atomic E-state index is 0.217. The molecule has 3 N–H and O–H groups in total. The smallest absolute Gasteiger partial charge is 0.243 e. The number of hydrogen-bond acceptors (Lipinski definition) is 5. The van der Waals surface area contributed by atoms with Crippen LogP contribution in [0.2, 0.25) is 0 Å². The molecular weight excluding hydrogens is 344 g/mol. The topological polar surface area (TPSA) is 84.9 Å². The number of nitrogens with one attached hydrogen (secondary N) is 2. The van der Waals surface area contributed by atoms with Gasteiger partial charge in [-0.25, -0.2) is 5.48 Å². The van der Waals surface area contributed by atoms with Gasteiger partial charge in [0.1, 0.15) is 0 Å². The van der Waals surface area contributed by atoms with Gasteiger partial charge in [-0.1, -0.05) is 24.6 Å². The highest BCUT2D eigenvalue weighted by Crippen LogP contribution is 2.31. The van der Waals surface area contributed by atoms with E-state index in [2.05, 4.69) is 34.5 Å². The molecule has 0 aliphatic carbocycles. The lowest BCUT2D eigenvalue weighted by Gasteiger charge is -2.36. The van der Waals surface area contributed by atoms with E-state index in [4.69, 9.17) is 5.21 Å². The van der Waals surface area contributed by atoms with Crippen LogP contribution in [0, 0.1) is 0 Å². The van der Waals surface area contributed by atoms with Gasteiger partial charge in [0, 0.05) is 63.7 Å². The minimum Gasteiger partial charge on any atom is -0.384 e. The SMILES string of the molecule is O=C(CCCCCC(=O)N1CCN(CC2CNc3ccccc32)CC1)NO. The number of hydroxylamine groups is 1. The van der Waals surface area contributed by atoms with Crippen LogP contribution in [-0.2, 0) is 9.59 Å². The summed E-state index contributed by atoms with van der Waals surface area (Å²) in [6, 6.07) is 8.53. The Morgan fingerprint density at radius 1 is 1.07 bits per heavy atom. The molecule has 2 heterocycles. The van der Waals surface area contributed by atoms with Crippen LogP contribution in [0.4, 0.5) is 5.69 Å². The highest BCUT2D eigenvalue weighted by molar-refractivity contribution is 5.76. The molecule has 0 radical (unpaired) electrons. The third-order valence-electron chi connectivity index (χ3n) is 5.56. The van der Waals surface area contributed by atoms with E-state index in [1.165, 1.54) is 11.3 Å². The lowest BCUT2D eigenvalue weighted by molar-refractivity contribution is -0.133. The number of anilines is 1. The van der Waals surface area contributed by atoms with E-state index in [0.29, 0.717) is 25.2 Å². The molecule has 0 saturated carbocycles. The summed E-state index contributed by atoms with van der Waals surface area (Å²) in [5.74, 6) is 0.381. The number of fused-ring (bicyclic) bond motifs is 1. The Balaban J connectivity index is 1.33. The third-order valence-corrected chi connectivity index (χ3v) is 5.56. The molecular formula is C20H30N4O3. The third kappa shape index (κ3) is 5.43. The number of benzene rings is 1. The van der Waals surface area contributed by atoms with Gasteiger partial charge in [0.2, 0.25) is 11.8 Å². The van der Waals surface area contributed by atoms with E-state index in [1.54, 1.807) is 5.48 Å². The van der Waals surface area contributed by atoms with Crippen molar-refractivity contribution in [1.29, 1.82) is 0 Å². The molecule has 1 fully saturated rings. The molecule has 27 heavy (non-hydrogen) atoms. The second kappa shape index (κ2) is 9.71. The van der Waals surface area contributed by atoms with Crippen LogP contribution in [0.25, 0.3) is 0 Å². The summed E-state index contributed by atoms with van der Waals surface area (Å²) in [5, 5.41) is 11.9. The number of hydrogen-bond donors (Lipinski definition) is 3. The summed E-state index contributed by atoms with van der Waals surface area (Å²) < 4.78 is 0. The fourth-order valence-corrected chi connectivity index (χ4v) is 3.96. The fraction of sp³-hybridized carbons (Fsp3) is 0.600. The van der Waals surface area contributed by atoms with Gasteiger partial charge in [-0.2, -0.15) is 0 Å². The molecule has 0 bridgehead atoms. The molecule has 7 heteroatoms. The van der Waals surface area contributed by atoms with Gasteiger partial charge in [0.25, 0.3) is 0 Å². The summed E-state index contributed by atoms with van der Waals surface area (Å²) in [7, 11) is 0. The Morgan fingerprint density at radius 3 is 2.59 bits per heavy atom. The zero-order valence-electron chi connectivity index (χ0n) is 15.8. The van der Waals surface area contributed by atoms with Gasteiger partial charge in [-0.05, 0) is 24.5 Å².